The summed E-state index contributed by atoms with van der Waals surface area (Å²) in [6.07, 6.45) is 5.53. The molecule has 0 spiro atoms. The summed E-state index contributed by atoms with van der Waals surface area (Å²) in [5.41, 5.74) is 9.18. The Morgan fingerprint density at radius 3 is 1.88 bits per heavy atom. The first-order chi connectivity index (χ1) is 19.8. The fraction of sp³-hybridized carbons (Fsp3) is 0.121. The van der Waals surface area contributed by atoms with Gasteiger partial charge in [-0.15, -0.1) is 22.7 Å². The summed E-state index contributed by atoms with van der Waals surface area (Å²) in [6, 6.07) is 32.0. The Morgan fingerprint density at radius 2 is 1.18 bits per heavy atom. The average molecular weight is 560 g/mol. The van der Waals surface area contributed by atoms with Gasteiger partial charge in [0.15, 0.2) is 10.3 Å². The molecule has 0 saturated heterocycles. The van der Waals surface area contributed by atoms with Crippen LogP contribution in [0.3, 0.4) is 0 Å². The van der Waals surface area contributed by atoms with Gasteiger partial charge in [-0.05, 0) is 47.2 Å². The number of anilines is 2. The van der Waals surface area contributed by atoms with E-state index in [-0.39, 0.29) is 0 Å². The van der Waals surface area contributed by atoms with Crippen LogP contribution in [0.5, 0.6) is 0 Å². The highest BCUT2D eigenvalue weighted by Crippen LogP contribution is 2.28. The van der Waals surface area contributed by atoms with E-state index in [9.17, 15) is 0 Å². The predicted octanol–water partition coefficient (Wildman–Crippen LogP) is 8.30. The quantitative estimate of drug-likeness (QED) is 0.167. The van der Waals surface area contributed by atoms with Gasteiger partial charge in [0.05, 0.1) is 11.4 Å². The van der Waals surface area contributed by atoms with Crippen molar-refractivity contribution in [1.82, 2.24) is 15.0 Å². The van der Waals surface area contributed by atoms with Crippen molar-refractivity contribution in [3.8, 4) is 33.6 Å². The minimum Gasteiger partial charge on any atom is -0.361 e. The largest absolute Gasteiger partial charge is 0.361 e. The van der Waals surface area contributed by atoms with Crippen LogP contribution in [-0.2, 0) is 12.8 Å². The minimum atomic E-state index is 0.827. The van der Waals surface area contributed by atoms with E-state index < -0.39 is 0 Å². The maximum absolute atomic E-state index is 4.80. The third-order valence-corrected chi connectivity index (χ3v) is 8.23. The molecule has 0 aliphatic heterocycles. The zero-order chi connectivity index (χ0) is 27.0. The van der Waals surface area contributed by atoms with Crippen LogP contribution in [0.2, 0.25) is 0 Å². The number of hydrogen-bond donors (Lipinski definition) is 2. The molecule has 0 aliphatic carbocycles. The molecule has 0 bridgehead atoms. The number of rotatable bonds is 11. The average Bonchev–Trinajstić information content (AvgIpc) is 3.69. The Hall–Kier alpha value is -4.33. The summed E-state index contributed by atoms with van der Waals surface area (Å²) < 4.78 is 0. The van der Waals surface area contributed by atoms with E-state index in [1.54, 1.807) is 28.9 Å². The van der Waals surface area contributed by atoms with Gasteiger partial charge in [0.1, 0.15) is 0 Å². The third kappa shape index (κ3) is 6.62. The number of nitrogens with zero attached hydrogens (tertiary/aromatic N) is 3. The lowest BCUT2D eigenvalue weighted by Crippen LogP contribution is -2.04. The predicted molar refractivity (Wildman–Crippen MR) is 169 cm³/mol. The molecule has 0 amide bonds. The van der Waals surface area contributed by atoms with Gasteiger partial charge in [-0.2, -0.15) is 0 Å². The third-order valence-electron chi connectivity index (χ3n) is 6.63. The van der Waals surface area contributed by atoms with Gasteiger partial charge in [0.2, 0.25) is 0 Å². The number of aromatic nitrogens is 3. The highest BCUT2D eigenvalue weighted by atomic mass is 32.1. The lowest BCUT2D eigenvalue weighted by molar-refractivity contribution is 1.02. The molecule has 0 aliphatic rings. The van der Waals surface area contributed by atoms with Crippen molar-refractivity contribution in [3.63, 3.8) is 0 Å². The van der Waals surface area contributed by atoms with Gasteiger partial charge >= 0.3 is 0 Å². The van der Waals surface area contributed by atoms with Crippen LogP contribution in [0.25, 0.3) is 33.6 Å². The molecule has 40 heavy (non-hydrogen) atoms. The number of pyridine rings is 1. The van der Waals surface area contributed by atoms with E-state index in [1.807, 2.05) is 18.3 Å². The highest BCUT2D eigenvalue weighted by molar-refractivity contribution is 7.14. The molecule has 5 nitrogen and oxygen atoms in total. The minimum absolute atomic E-state index is 0.827. The van der Waals surface area contributed by atoms with E-state index >= 15 is 0 Å². The van der Waals surface area contributed by atoms with Gasteiger partial charge in [-0.3, -0.25) is 4.98 Å². The lowest BCUT2D eigenvalue weighted by atomic mass is 10.00. The number of thiazole rings is 2. The Labute approximate surface area is 242 Å². The molecule has 6 rings (SSSR count). The second kappa shape index (κ2) is 12.7. The molecule has 6 aromatic rings. The molecule has 3 aromatic heterocycles. The maximum atomic E-state index is 4.80. The van der Waals surface area contributed by atoms with Crippen LogP contribution in [0.4, 0.5) is 10.3 Å². The van der Waals surface area contributed by atoms with Crippen LogP contribution >= 0.6 is 22.7 Å². The highest BCUT2D eigenvalue weighted by Gasteiger charge is 2.07. The standard InChI is InChI=1S/C33H29N5S2/c1-2-6-24(7-3-1)15-18-35-32-37-30(22-39-32)27-13-11-26(12-14-27)28-9-4-8-25(20-28)16-19-36-33-38-31(23-40-33)29-10-5-17-34-21-29/h1-14,17,20-23H,15-16,18-19H2,(H,35,37)(H,36,38). The molecular weight excluding hydrogens is 531 g/mol. The fourth-order valence-electron chi connectivity index (χ4n) is 4.50. The summed E-state index contributed by atoms with van der Waals surface area (Å²) in [5.74, 6) is 0. The van der Waals surface area contributed by atoms with Crippen molar-refractivity contribution in [3.05, 3.63) is 125 Å². The molecule has 0 fully saturated rings. The normalized spacial score (nSPS) is 10.9. The van der Waals surface area contributed by atoms with Crippen molar-refractivity contribution in [2.24, 2.45) is 0 Å². The molecule has 3 heterocycles. The number of benzene rings is 3. The summed E-state index contributed by atoms with van der Waals surface area (Å²) in [6.45, 7) is 1.70. The zero-order valence-corrected chi connectivity index (χ0v) is 23.6. The van der Waals surface area contributed by atoms with Crippen molar-refractivity contribution < 1.29 is 0 Å². The Kier molecular flexibility index (Phi) is 8.22. The molecule has 0 atom stereocenters. The lowest BCUT2D eigenvalue weighted by Gasteiger charge is -2.07. The van der Waals surface area contributed by atoms with Crippen molar-refractivity contribution in [1.29, 1.82) is 0 Å². The van der Waals surface area contributed by atoms with Crippen LogP contribution in [0.15, 0.2) is 114 Å². The molecule has 2 N–H and O–H groups in total. The topological polar surface area (TPSA) is 62.7 Å². The number of nitrogens with one attached hydrogen (secondary N) is 2. The molecular formula is C33H29N5S2. The fourth-order valence-corrected chi connectivity index (χ4v) is 6.00. The smallest absolute Gasteiger partial charge is 0.183 e. The van der Waals surface area contributed by atoms with Crippen molar-refractivity contribution in [2.75, 3.05) is 23.7 Å². The molecule has 0 unspecified atom stereocenters. The molecule has 0 radical (unpaired) electrons. The first-order valence-corrected chi connectivity index (χ1v) is 15.1. The van der Waals surface area contributed by atoms with Gasteiger partial charge in [0, 0.05) is 47.4 Å². The molecule has 0 saturated carbocycles. The first-order valence-electron chi connectivity index (χ1n) is 13.3. The van der Waals surface area contributed by atoms with Gasteiger partial charge in [-0.1, -0.05) is 78.9 Å². The molecule has 7 heteroatoms. The summed E-state index contributed by atoms with van der Waals surface area (Å²) >= 11 is 3.28. The monoisotopic (exact) mass is 559 g/mol. The van der Waals surface area contributed by atoms with Crippen LogP contribution in [0, 0.1) is 0 Å². The van der Waals surface area contributed by atoms with Gasteiger partial charge in [-0.25, -0.2) is 9.97 Å². The second-order valence-electron chi connectivity index (χ2n) is 9.43. The second-order valence-corrected chi connectivity index (χ2v) is 11.2. The van der Waals surface area contributed by atoms with Gasteiger partial charge in [0.25, 0.3) is 0 Å². The van der Waals surface area contributed by atoms with E-state index in [0.717, 1.165) is 58.7 Å². The van der Waals surface area contributed by atoms with E-state index in [0.29, 0.717) is 0 Å². The van der Waals surface area contributed by atoms with Crippen LogP contribution in [0.1, 0.15) is 11.1 Å². The Bertz CT molecular complexity index is 1640. The zero-order valence-electron chi connectivity index (χ0n) is 22.0. The van der Waals surface area contributed by atoms with Crippen molar-refractivity contribution >= 4 is 32.9 Å². The van der Waals surface area contributed by atoms with E-state index in [2.05, 4.69) is 105 Å². The van der Waals surface area contributed by atoms with E-state index in [4.69, 9.17) is 9.97 Å². The Balaban J connectivity index is 1.03. The molecule has 3 aromatic carbocycles. The maximum Gasteiger partial charge on any atom is 0.183 e. The summed E-state index contributed by atoms with van der Waals surface area (Å²) in [5, 5.41) is 13.0. The summed E-state index contributed by atoms with van der Waals surface area (Å²) in [4.78, 5) is 13.7. The molecule has 198 valence electrons. The number of hydrogen-bond acceptors (Lipinski definition) is 7. The van der Waals surface area contributed by atoms with Gasteiger partial charge < -0.3 is 10.6 Å². The van der Waals surface area contributed by atoms with Crippen molar-refractivity contribution in [2.45, 2.75) is 12.8 Å². The SMILES string of the molecule is c1ccc(CCNc2nc(-c3ccc(-c4cccc(CCNc5nc(-c6cccnc6)cs5)c4)cc3)cs2)cc1. The van der Waals surface area contributed by atoms with Crippen LogP contribution in [-0.4, -0.2) is 28.0 Å². The summed E-state index contributed by atoms with van der Waals surface area (Å²) in [7, 11) is 0. The van der Waals surface area contributed by atoms with Crippen LogP contribution < -0.4 is 10.6 Å². The Morgan fingerprint density at radius 1 is 0.550 bits per heavy atom. The van der Waals surface area contributed by atoms with E-state index in [1.165, 1.54) is 22.3 Å². The first kappa shape index (κ1) is 25.9.